The molecule has 4 heteroatoms. The zero-order valence-electron chi connectivity index (χ0n) is 23.3. The summed E-state index contributed by atoms with van der Waals surface area (Å²) in [5.74, 6) is 1.78. The fourth-order valence-electron chi connectivity index (χ4n) is 10.9. The third kappa shape index (κ3) is 2.89. The zero-order chi connectivity index (χ0) is 25.8. The number of hydrogen-bond acceptors (Lipinski definition) is 4. The molecule has 0 amide bonds. The molecular formula is C31H46O4. The molecule has 0 N–H and O–H groups in total. The molecule has 4 fully saturated rings. The Bertz CT molecular complexity index is 1020. The van der Waals surface area contributed by atoms with E-state index >= 15 is 0 Å². The minimum atomic E-state index is -0.751. The fourth-order valence-corrected chi connectivity index (χ4v) is 10.9. The first-order valence-electron chi connectivity index (χ1n) is 14.1. The lowest BCUT2D eigenvalue weighted by Gasteiger charge is -2.71. The highest BCUT2D eigenvalue weighted by atomic mass is 16.5. The van der Waals surface area contributed by atoms with Crippen molar-refractivity contribution in [1.82, 2.24) is 0 Å². The second-order valence-corrected chi connectivity index (χ2v) is 14.4. The molecule has 0 aliphatic heterocycles. The molecular weight excluding hydrogens is 436 g/mol. The first-order chi connectivity index (χ1) is 16.2. The smallest absolute Gasteiger partial charge is 0.316 e. The Morgan fingerprint density at radius 1 is 0.886 bits per heavy atom. The Balaban J connectivity index is 1.63. The summed E-state index contributed by atoms with van der Waals surface area (Å²) >= 11 is 0. The molecule has 0 spiro atoms. The molecule has 0 bridgehead atoms. The van der Waals surface area contributed by atoms with Crippen molar-refractivity contribution in [2.75, 3.05) is 7.11 Å². The van der Waals surface area contributed by atoms with Crippen LogP contribution in [0.1, 0.15) is 106 Å². The van der Waals surface area contributed by atoms with Crippen molar-refractivity contribution in [3.8, 4) is 0 Å². The summed E-state index contributed by atoms with van der Waals surface area (Å²) in [6.07, 6.45) is 8.07. The van der Waals surface area contributed by atoms with Crippen LogP contribution in [0.15, 0.2) is 11.1 Å². The van der Waals surface area contributed by atoms with Gasteiger partial charge in [0.2, 0.25) is 0 Å². The average molecular weight is 483 g/mol. The van der Waals surface area contributed by atoms with Gasteiger partial charge in [-0.2, -0.15) is 0 Å². The maximum absolute atomic E-state index is 13.4. The molecule has 5 aliphatic rings. The van der Waals surface area contributed by atoms with Gasteiger partial charge in [-0.25, -0.2) is 0 Å². The first-order valence-corrected chi connectivity index (χ1v) is 14.1. The van der Waals surface area contributed by atoms with Crippen LogP contribution in [-0.2, 0) is 19.1 Å². The molecule has 5 aliphatic carbocycles. The number of methoxy groups -OCH3 is 1. The maximum Gasteiger partial charge on any atom is 0.316 e. The van der Waals surface area contributed by atoms with Crippen molar-refractivity contribution in [2.24, 2.45) is 50.7 Å². The average Bonchev–Trinajstić information content (AvgIpc) is 3.10. The van der Waals surface area contributed by atoms with Crippen LogP contribution in [0.5, 0.6) is 0 Å². The van der Waals surface area contributed by atoms with E-state index < -0.39 is 5.41 Å². The van der Waals surface area contributed by atoms with Gasteiger partial charge in [-0.3, -0.25) is 14.4 Å². The molecule has 0 radical (unpaired) electrons. The molecule has 4 nitrogen and oxygen atoms in total. The van der Waals surface area contributed by atoms with Crippen molar-refractivity contribution >= 4 is 17.5 Å². The number of carbonyl (C=O) groups is 3. The topological polar surface area (TPSA) is 60.4 Å². The lowest BCUT2D eigenvalue weighted by atomic mass is 9.33. The summed E-state index contributed by atoms with van der Waals surface area (Å²) in [4.78, 5) is 39.7. The van der Waals surface area contributed by atoms with Gasteiger partial charge in [-0.05, 0) is 96.0 Å². The summed E-state index contributed by atoms with van der Waals surface area (Å²) in [6.45, 7) is 16.1. The number of carbonyl (C=O) groups excluding carboxylic acids is 3. The quantitative estimate of drug-likeness (QED) is 0.410. The summed E-state index contributed by atoms with van der Waals surface area (Å²) in [5, 5.41) is 0. The van der Waals surface area contributed by atoms with Crippen molar-refractivity contribution in [1.29, 1.82) is 0 Å². The first kappa shape index (κ1) is 25.2. The van der Waals surface area contributed by atoms with Gasteiger partial charge < -0.3 is 4.74 Å². The minimum Gasteiger partial charge on any atom is -0.468 e. The highest BCUT2D eigenvalue weighted by Gasteiger charge is 2.71. The van der Waals surface area contributed by atoms with E-state index in [1.54, 1.807) is 0 Å². The zero-order valence-corrected chi connectivity index (χ0v) is 23.3. The summed E-state index contributed by atoms with van der Waals surface area (Å²) in [6, 6.07) is 0. The van der Waals surface area contributed by atoms with Gasteiger partial charge in [-0.1, -0.05) is 48.5 Å². The van der Waals surface area contributed by atoms with Crippen molar-refractivity contribution in [3.63, 3.8) is 0 Å². The normalized spacial score (nSPS) is 46.6. The number of allylic oxidation sites excluding steroid dienone is 1. The van der Waals surface area contributed by atoms with E-state index in [4.69, 9.17) is 4.74 Å². The minimum absolute atomic E-state index is 0.0348. The molecule has 194 valence electrons. The Labute approximate surface area is 212 Å². The second-order valence-electron chi connectivity index (χ2n) is 14.4. The molecule has 5 rings (SSSR count). The number of ether oxygens (including phenoxy) is 1. The summed E-state index contributed by atoms with van der Waals surface area (Å²) in [7, 11) is 1.48. The molecule has 0 aromatic rings. The van der Waals surface area contributed by atoms with Crippen LogP contribution in [0.2, 0.25) is 0 Å². The summed E-state index contributed by atoms with van der Waals surface area (Å²) < 4.78 is 5.38. The van der Waals surface area contributed by atoms with E-state index in [0.29, 0.717) is 30.5 Å². The third-order valence-corrected chi connectivity index (χ3v) is 12.8. The molecule has 0 heterocycles. The van der Waals surface area contributed by atoms with Crippen LogP contribution in [0.25, 0.3) is 0 Å². The van der Waals surface area contributed by atoms with E-state index in [2.05, 4.69) is 48.5 Å². The highest BCUT2D eigenvalue weighted by Crippen LogP contribution is 2.76. The third-order valence-electron chi connectivity index (χ3n) is 12.8. The van der Waals surface area contributed by atoms with Crippen molar-refractivity contribution in [2.45, 2.75) is 106 Å². The Hall–Kier alpha value is -1.45. The van der Waals surface area contributed by atoms with E-state index in [1.165, 1.54) is 7.11 Å². The van der Waals surface area contributed by atoms with Gasteiger partial charge in [-0.15, -0.1) is 0 Å². The number of esters is 1. The monoisotopic (exact) mass is 482 g/mol. The molecule has 35 heavy (non-hydrogen) atoms. The molecule has 0 aromatic heterocycles. The molecule has 3 unspecified atom stereocenters. The fraction of sp³-hybridized carbons (Fsp3) is 0.839. The van der Waals surface area contributed by atoms with Gasteiger partial charge in [0, 0.05) is 18.3 Å². The van der Waals surface area contributed by atoms with Crippen LogP contribution < -0.4 is 0 Å². The molecule has 4 saturated carbocycles. The van der Waals surface area contributed by atoms with E-state index in [-0.39, 0.29) is 45.2 Å². The Morgan fingerprint density at radius 3 is 2.20 bits per heavy atom. The Kier molecular flexibility index (Phi) is 5.43. The van der Waals surface area contributed by atoms with E-state index in [9.17, 15) is 14.4 Å². The summed E-state index contributed by atoms with van der Waals surface area (Å²) in [5.41, 5.74) is 1.41. The van der Waals surface area contributed by atoms with Crippen molar-refractivity contribution in [3.05, 3.63) is 11.1 Å². The van der Waals surface area contributed by atoms with Gasteiger partial charge >= 0.3 is 5.97 Å². The van der Waals surface area contributed by atoms with Gasteiger partial charge in [0.05, 0.1) is 12.5 Å². The van der Waals surface area contributed by atoms with E-state index in [0.717, 1.165) is 56.1 Å². The SMILES string of the molecule is COC(=O)[C@@]12CC[C@]3(C)C(CCC4[C@@]5(C)CCC(=O)C(C)(C)C5CC[C@]43C)C1=C(C(C)C)C(=O)C2. The molecule has 7 atom stereocenters. The highest BCUT2D eigenvalue weighted by molar-refractivity contribution is 6.05. The Morgan fingerprint density at radius 2 is 1.57 bits per heavy atom. The number of Topliss-reactive ketones (excluding diaryl/α,β-unsaturated/α-hetero) is 2. The van der Waals surface area contributed by atoms with Crippen LogP contribution in [0.3, 0.4) is 0 Å². The second kappa shape index (κ2) is 7.54. The van der Waals surface area contributed by atoms with Crippen molar-refractivity contribution < 1.29 is 19.1 Å². The van der Waals surface area contributed by atoms with E-state index in [1.807, 2.05) is 0 Å². The number of rotatable bonds is 2. The largest absolute Gasteiger partial charge is 0.468 e. The number of fused-ring (bicyclic) bond motifs is 7. The molecule has 0 aromatic carbocycles. The standard InChI is InChI=1S/C31H46O4/c1-18(2)24-20(32)17-31(26(34)35-8)16-15-29(6)19(25(24)31)9-10-22-28(5)13-12-23(33)27(3,4)21(28)11-14-30(22,29)7/h18-19,21-22H,9-17H2,1-8H3/t19?,21?,22?,28-,29+,30+,31+/m0/s1. The molecule has 0 saturated heterocycles. The van der Waals surface area contributed by atoms with Crippen LogP contribution in [0.4, 0.5) is 0 Å². The number of hydrogen-bond donors (Lipinski definition) is 0. The van der Waals surface area contributed by atoms with Gasteiger partial charge in [0.25, 0.3) is 0 Å². The lowest BCUT2D eigenvalue weighted by Crippen LogP contribution is -2.65. The predicted octanol–water partition coefficient (Wildman–Crippen LogP) is 6.71. The number of ketones is 2. The maximum atomic E-state index is 13.4. The van der Waals surface area contributed by atoms with Gasteiger partial charge in [0.1, 0.15) is 5.78 Å². The predicted molar refractivity (Wildman–Crippen MR) is 136 cm³/mol. The van der Waals surface area contributed by atoms with Crippen LogP contribution in [0, 0.1) is 50.7 Å². The van der Waals surface area contributed by atoms with Crippen LogP contribution in [-0.4, -0.2) is 24.6 Å². The van der Waals surface area contributed by atoms with Gasteiger partial charge in [0.15, 0.2) is 5.78 Å². The lowest BCUT2D eigenvalue weighted by molar-refractivity contribution is -0.212. The van der Waals surface area contributed by atoms with Crippen LogP contribution >= 0.6 is 0 Å².